The summed E-state index contributed by atoms with van der Waals surface area (Å²) in [6, 6.07) is 12.6. The van der Waals surface area contributed by atoms with Crippen LogP contribution in [0, 0.1) is 4.77 Å². The Hall–Kier alpha value is -1.56. The molecule has 0 bridgehead atoms. The Morgan fingerprint density at radius 3 is 2.65 bits per heavy atom. The number of benzene rings is 1. The van der Waals surface area contributed by atoms with E-state index in [0.29, 0.717) is 0 Å². The molecule has 5 rings (SSSR count). The number of thiophene rings is 1. The molecule has 1 saturated heterocycles. The first kappa shape index (κ1) is 21.3. The molecule has 0 unspecified atom stereocenters. The number of hydrogen-bond acceptors (Lipinski definition) is 8. The highest BCUT2D eigenvalue weighted by Gasteiger charge is 2.19. The first-order valence-electron chi connectivity index (χ1n) is 10.2. The van der Waals surface area contributed by atoms with Gasteiger partial charge in [-0.25, -0.2) is 9.67 Å². The normalized spacial score (nSPS) is 15.8. The van der Waals surface area contributed by atoms with Crippen molar-refractivity contribution in [3.63, 3.8) is 0 Å². The first-order valence-corrected chi connectivity index (χ1v) is 13.3. The Bertz CT molecular complexity index is 1170. The smallest absolute Gasteiger partial charge is 0.198 e. The van der Waals surface area contributed by atoms with Gasteiger partial charge in [-0.1, -0.05) is 30.0 Å². The van der Waals surface area contributed by atoms with E-state index in [2.05, 4.69) is 45.5 Å². The molecule has 10 heteroatoms. The molecule has 1 aliphatic rings. The molecule has 0 atom stereocenters. The number of piperazine rings is 1. The number of para-hydroxylation sites is 1. The Kier molecular flexibility index (Phi) is 6.54. The summed E-state index contributed by atoms with van der Waals surface area (Å²) < 4.78 is 7.08. The van der Waals surface area contributed by atoms with E-state index in [1.807, 2.05) is 33.7 Å². The molecule has 0 radical (unpaired) electrons. The van der Waals surface area contributed by atoms with Gasteiger partial charge in [0, 0.05) is 44.6 Å². The second-order valence-electron chi connectivity index (χ2n) is 7.61. The van der Waals surface area contributed by atoms with Crippen molar-refractivity contribution in [1.29, 1.82) is 0 Å². The first-order chi connectivity index (χ1) is 15.2. The van der Waals surface area contributed by atoms with Crippen molar-refractivity contribution in [3.8, 4) is 0 Å². The number of thioether (sulfide) groups is 1. The van der Waals surface area contributed by atoms with Crippen molar-refractivity contribution >= 4 is 56.9 Å². The van der Waals surface area contributed by atoms with E-state index >= 15 is 0 Å². The van der Waals surface area contributed by atoms with Crippen molar-refractivity contribution < 1.29 is 0 Å². The molecule has 0 spiro atoms. The second kappa shape index (κ2) is 9.51. The van der Waals surface area contributed by atoms with Gasteiger partial charge < -0.3 is 4.57 Å². The van der Waals surface area contributed by atoms with Crippen LogP contribution in [0.5, 0.6) is 0 Å². The van der Waals surface area contributed by atoms with Gasteiger partial charge in [0.2, 0.25) is 0 Å². The fraction of sp³-hybridized carbons (Fsp3) is 0.381. The lowest BCUT2D eigenvalue weighted by molar-refractivity contribution is 0.0986. The molecule has 0 amide bonds. The molecule has 3 aromatic heterocycles. The van der Waals surface area contributed by atoms with E-state index in [1.165, 1.54) is 9.58 Å². The fourth-order valence-electron chi connectivity index (χ4n) is 3.69. The lowest BCUT2D eigenvalue weighted by Gasteiger charge is -2.34. The standard InChI is InChI=1S/C21H24N6S4/c1-24-19(14-30-20-22-17-6-2-3-7-18(17)31-20)23-27(21(24)28)15-26-10-8-25(9-11-26)13-16-5-4-12-29-16/h2-7,12H,8-11,13-15H2,1H3. The van der Waals surface area contributed by atoms with E-state index in [1.54, 1.807) is 23.1 Å². The van der Waals surface area contributed by atoms with Crippen LogP contribution in [0.4, 0.5) is 0 Å². The van der Waals surface area contributed by atoms with Gasteiger partial charge in [-0.05, 0) is 35.8 Å². The van der Waals surface area contributed by atoms with Crippen LogP contribution in [0.15, 0.2) is 46.1 Å². The van der Waals surface area contributed by atoms with Gasteiger partial charge in [0.25, 0.3) is 0 Å². The highest BCUT2D eigenvalue weighted by atomic mass is 32.2. The Labute approximate surface area is 199 Å². The van der Waals surface area contributed by atoms with E-state index in [9.17, 15) is 0 Å². The summed E-state index contributed by atoms with van der Waals surface area (Å²) in [6.07, 6.45) is 0. The lowest BCUT2D eigenvalue weighted by atomic mass is 10.3. The van der Waals surface area contributed by atoms with Crippen LogP contribution in [0.1, 0.15) is 10.7 Å². The molecule has 1 aliphatic heterocycles. The molecule has 162 valence electrons. The number of rotatable bonds is 7. The summed E-state index contributed by atoms with van der Waals surface area (Å²) >= 11 is 11.0. The maximum absolute atomic E-state index is 5.67. The van der Waals surface area contributed by atoms with Crippen molar-refractivity contribution in [3.05, 3.63) is 57.3 Å². The predicted molar refractivity (Wildman–Crippen MR) is 132 cm³/mol. The largest absolute Gasteiger partial charge is 0.306 e. The molecule has 0 aliphatic carbocycles. The van der Waals surface area contributed by atoms with Crippen molar-refractivity contribution in [2.75, 3.05) is 26.2 Å². The average Bonchev–Trinajstić information content (AvgIpc) is 3.50. The molecule has 6 nitrogen and oxygen atoms in total. The predicted octanol–water partition coefficient (Wildman–Crippen LogP) is 4.69. The van der Waals surface area contributed by atoms with Gasteiger partial charge in [0.1, 0.15) is 5.82 Å². The van der Waals surface area contributed by atoms with Gasteiger partial charge in [0.15, 0.2) is 9.11 Å². The lowest BCUT2D eigenvalue weighted by Crippen LogP contribution is -2.46. The van der Waals surface area contributed by atoms with Gasteiger partial charge in [-0.3, -0.25) is 9.80 Å². The zero-order chi connectivity index (χ0) is 21.2. The van der Waals surface area contributed by atoms with E-state index < -0.39 is 0 Å². The van der Waals surface area contributed by atoms with Crippen LogP contribution in [0.3, 0.4) is 0 Å². The third-order valence-corrected chi connectivity index (χ3v) is 9.01. The van der Waals surface area contributed by atoms with Crippen molar-refractivity contribution in [2.24, 2.45) is 7.05 Å². The monoisotopic (exact) mass is 488 g/mol. The van der Waals surface area contributed by atoms with Crippen LogP contribution in [0.25, 0.3) is 10.2 Å². The number of hydrogen-bond donors (Lipinski definition) is 0. The molecule has 31 heavy (non-hydrogen) atoms. The molecular weight excluding hydrogens is 465 g/mol. The maximum atomic E-state index is 5.67. The third kappa shape index (κ3) is 4.94. The molecule has 0 N–H and O–H groups in total. The second-order valence-corrected chi connectivity index (χ2v) is 11.3. The molecular formula is C21H24N6S4. The Morgan fingerprint density at radius 2 is 1.87 bits per heavy atom. The average molecular weight is 489 g/mol. The Balaban J connectivity index is 1.18. The number of thiazole rings is 1. The molecule has 0 saturated carbocycles. The quantitative estimate of drug-likeness (QED) is 0.278. The summed E-state index contributed by atoms with van der Waals surface area (Å²) in [4.78, 5) is 11.1. The van der Waals surface area contributed by atoms with Crippen molar-refractivity contribution in [1.82, 2.24) is 29.1 Å². The van der Waals surface area contributed by atoms with Crippen LogP contribution >= 0.6 is 46.7 Å². The van der Waals surface area contributed by atoms with E-state index in [0.717, 1.165) is 65.6 Å². The summed E-state index contributed by atoms with van der Waals surface area (Å²) in [5, 5.41) is 6.98. The minimum atomic E-state index is 0.755. The van der Waals surface area contributed by atoms with Crippen LogP contribution < -0.4 is 0 Å². The molecule has 1 aromatic carbocycles. The topological polar surface area (TPSA) is 42.1 Å². The summed E-state index contributed by atoms with van der Waals surface area (Å²) in [5.74, 6) is 1.76. The molecule has 4 aromatic rings. The number of nitrogens with zero attached hydrogens (tertiary/aromatic N) is 6. The van der Waals surface area contributed by atoms with Gasteiger partial charge >= 0.3 is 0 Å². The SMILES string of the molecule is Cn1c(CSc2nc3ccccc3s2)nn(CN2CCN(Cc3cccs3)CC2)c1=S. The minimum absolute atomic E-state index is 0.755. The Morgan fingerprint density at radius 1 is 1.06 bits per heavy atom. The van der Waals surface area contributed by atoms with Crippen LogP contribution in [-0.2, 0) is 26.0 Å². The maximum Gasteiger partial charge on any atom is 0.198 e. The highest BCUT2D eigenvalue weighted by Crippen LogP contribution is 2.31. The van der Waals surface area contributed by atoms with Gasteiger partial charge in [0.05, 0.1) is 22.6 Å². The third-order valence-electron chi connectivity index (χ3n) is 5.49. The zero-order valence-corrected chi connectivity index (χ0v) is 20.6. The fourth-order valence-corrected chi connectivity index (χ4v) is 6.69. The van der Waals surface area contributed by atoms with Crippen LogP contribution in [0.2, 0.25) is 0 Å². The van der Waals surface area contributed by atoms with Crippen molar-refractivity contribution in [2.45, 2.75) is 23.3 Å². The zero-order valence-electron chi connectivity index (χ0n) is 17.3. The summed E-state index contributed by atoms with van der Waals surface area (Å²) in [5.41, 5.74) is 1.06. The highest BCUT2D eigenvalue weighted by molar-refractivity contribution is 8.00. The number of aromatic nitrogens is 4. The van der Waals surface area contributed by atoms with Gasteiger partial charge in [-0.15, -0.1) is 22.7 Å². The molecule has 1 fully saturated rings. The minimum Gasteiger partial charge on any atom is -0.306 e. The van der Waals surface area contributed by atoms with Crippen LogP contribution in [-0.4, -0.2) is 55.3 Å². The number of fused-ring (bicyclic) bond motifs is 1. The summed E-state index contributed by atoms with van der Waals surface area (Å²) in [7, 11) is 2.01. The van der Waals surface area contributed by atoms with E-state index in [-0.39, 0.29) is 0 Å². The van der Waals surface area contributed by atoms with E-state index in [4.69, 9.17) is 22.3 Å². The van der Waals surface area contributed by atoms with Gasteiger partial charge in [-0.2, -0.15) is 5.10 Å². The summed E-state index contributed by atoms with van der Waals surface area (Å²) in [6.45, 7) is 6.06. The molecule has 4 heterocycles.